The SMILES string of the molecule is OB(O)O.OB(O)O.OB(O)O.OB(O)O.OB(O)O.[Na]. The summed E-state index contributed by atoms with van der Waals surface area (Å²) < 4.78 is 0. The molecule has 15 N–H and O–H groups in total. The summed E-state index contributed by atoms with van der Waals surface area (Å²) in [6, 6.07) is 0. The molecule has 0 rings (SSSR count). The first kappa shape index (κ1) is 37.7. The van der Waals surface area contributed by atoms with E-state index in [-0.39, 0.29) is 29.6 Å². The monoisotopic (exact) mass is 333 g/mol. The Morgan fingerprint density at radius 2 is 0.238 bits per heavy atom. The molecule has 0 aromatic carbocycles. The van der Waals surface area contributed by atoms with Crippen LogP contribution in [0.3, 0.4) is 0 Å². The minimum Gasteiger partial charge on any atom is -0.402 e. The van der Waals surface area contributed by atoms with E-state index in [1.807, 2.05) is 0 Å². The van der Waals surface area contributed by atoms with Gasteiger partial charge in [0.05, 0.1) is 0 Å². The molecule has 0 aliphatic rings. The molecule has 0 aliphatic carbocycles. The van der Waals surface area contributed by atoms with Crippen molar-refractivity contribution >= 4 is 66.2 Å². The summed E-state index contributed by atoms with van der Waals surface area (Å²) in [5, 5.41) is 108. The topological polar surface area (TPSA) is 303 Å². The normalized spacial score (nSPS) is 6.43. The molecule has 0 spiro atoms. The predicted molar refractivity (Wildman–Crippen MR) is 67.8 cm³/mol. The molecule has 0 aromatic rings. The fraction of sp³-hybridized carbons (Fsp3) is 0. The van der Waals surface area contributed by atoms with Gasteiger partial charge in [-0.3, -0.25) is 0 Å². The first-order valence-electron chi connectivity index (χ1n) is 3.87. The van der Waals surface area contributed by atoms with Crippen LogP contribution in [0.1, 0.15) is 0 Å². The molecule has 0 aliphatic heterocycles. The molecule has 0 atom stereocenters. The van der Waals surface area contributed by atoms with Crippen molar-refractivity contribution in [1.82, 2.24) is 0 Å². The van der Waals surface area contributed by atoms with Gasteiger partial charge in [-0.1, -0.05) is 0 Å². The molecule has 0 aromatic heterocycles. The Labute approximate surface area is 141 Å². The fourth-order valence-electron chi connectivity index (χ4n) is 0. The van der Waals surface area contributed by atoms with Gasteiger partial charge < -0.3 is 75.4 Å². The Balaban J connectivity index is -0.0000000331. The molecule has 1 radical (unpaired) electrons. The van der Waals surface area contributed by atoms with Gasteiger partial charge in [0.25, 0.3) is 0 Å². The molecule has 0 saturated heterocycles. The van der Waals surface area contributed by atoms with Crippen LogP contribution < -0.4 is 0 Å². The third-order valence-electron chi connectivity index (χ3n) is 0. The standard InChI is InChI=1S/5BH3O3.Na/c5*2-1(3)4;/h5*2-4H;. The number of hydrogen-bond acceptors (Lipinski definition) is 15. The maximum atomic E-state index is 7.17. The maximum Gasteiger partial charge on any atom is 0.631 e. The summed E-state index contributed by atoms with van der Waals surface area (Å²) >= 11 is 0. The summed E-state index contributed by atoms with van der Waals surface area (Å²) in [5.74, 6) is 0. The van der Waals surface area contributed by atoms with Crippen molar-refractivity contribution < 1.29 is 75.4 Å². The van der Waals surface area contributed by atoms with Gasteiger partial charge in [0.1, 0.15) is 0 Å². The minimum absolute atomic E-state index is 0. The molecule has 15 nitrogen and oxygen atoms in total. The van der Waals surface area contributed by atoms with E-state index in [4.69, 9.17) is 75.4 Å². The van der Waals surface area contributed by atoms with Crippen LogP contribution in [-0.2, 0) is 0 Å². The zero-order valence-corrected chi connectivity index (χ0v) is 12.6. The van der Waals surface area contributed by atoms with Crippen LogP contribution in [0.2, 0.25) is 0 Å². The molecular weight excluding hydrogens is 317 g/mol. The van der Waals surface area contributed by atoms with Gasteiger partial charge >= 0.3 is 36.6 Å². The van der Waals surface area contributed by atoms with Gasteiger partial charge in [-0.25, -0.2) is 0 Å². The minimum atomic E-state index is -2.17. The molecule has 21 heavy (non-hydrogen) atoms. The van der Waals surface area contributed by atoms with Crippen LogP contribution in [0.4, 0.5) is 0 Å². The first-order chi connectivity index (χ1) is 8.66. The van der Waals surface area contributed by atoms with Gasteiger partial charge in [-0.05, 0) is 0 Å². The van der Waals surface area contributed by atoms with Crippen LogP contribution in [0, 0.1) is 0 Å². The van der Waals surface area contributed by atoms with Crippen molar-refractivity contribution in [2.75, 3.05) is 0 Å². The molecule has 0 heterocycles. The second kappa shape index (κ2) is 32.6. The molecular formula is H15B5NaO15. The predicted octanol–water partition coefficient (Wildman–Crippen LogP) is -10.6. The van der Waals surface area contributed by atoms with Crippen LogP contribution in [-0.4, -0.2) is 142 Å². The maximum absolute atomic E-state index is 7.17. The average Bonchev–Trinajstić information content (AvgIpc) is 1.94. The molecule has 0 unspecified atom stereocenters. The van der Waals surface area contributed by atoms with Crippen molar-refractivity contribution in [3.63, 3.8) is 0 Å². The fourth-order valence-corrected chi connectivity index (χ4v) is 0. The van der Waals surface area contributed by atoms with Gasteiger partial charge in [0.15, 0.2) is 0 Å². The second-order valence-electron chi connectivity index (χ2n) is 1.73. The van der Waals surface area contributed by atoms with Crippen molar-refractivity contribution in [2.24, 2.45) is 0 Å². The van der Waals surface area contributed by atoms with E-state index >= 15 is 0 Å². The summed E-state index contributed by atoms with van der Waals surface area (Å²) in [6.07, 6.45) is 0. The Bertz CT molecular complexity index is 80.6. The van der Waals surface area contributed by atoms with E-state index in [2.05, 4.69) is 0 Å². The van der Waals surface area contributed by atoms with Crippen LogP contribution in [0.15, 0.2) is 0 Å². The van der Waals surface area contributed by atoms with E-state index in [0.717, 1.165) is 0 Å². The van der Waals surface area contributed by atoms with E-state index in [9.17, 15) is 0 Å². The second-order valence-corrected chi connectivity index (χ2v) is 1.73. The molecule has 0 amide bonds. The average molecular weight is 332 g/mol. The van der Waals surface area contributed by atoms with Crippen LogP contribution in [0.25, 0.3) is 0 Å². The third-order valence-corrected chi connectivity index (χ3v) is 0. The van der Waals surface area contributed by atoms with Crippen molar-refractivity contribution in [3.05, 3.63) is 0 Å². The largest absolute Gasteiger partial charge is 0.631 e. The molecule has 0 fully saturated rings. The van der Waals surface area contributed by atoms with Crippen LogP contribution in [0.5, 0.6) is 0 Å². The zero-order valence-electron chi connectivity index (χ0n) is 10.6. The summed E-state index contributed by atoms with van der Waals surface area (Å²) in [6.45, 7) is 0. The summed E-state index contributed by atoms with van der Waals surface area (Å²) in [5.41, 5.74) is 0. The first-order valence-corrected chi connectivity index (χ1v) is 3.87. The van der Waals surface area contributed by atoms with Crippen molar-refractivity contribution in [2.45, 2.75) is 0 Å². The van der Waals surface area contributed by atoms with Crippen molar-refractivity contribution in [3.8, 4) is 0 Å². The summed E-state index contributed by atoms with van der Waals surface area (Å²) in [7, 11) is -10.8. The third kappa shape index (κ3) is 13800. The number of hydrogen-bond donors (Lipinski definition) is 15. The smallest absolute Gasteiger partial charge is 0.402 e. The Morgan fingerprint density at radius 3 is 0.238 bits per heavy atom. The molecule has 21 heteroatoms. The Morgan fingerprint density at radius 1 is 0.238 bits per heavy atom. The van der Waals surface area contributed by atoms with Crippen molar-refractivity contribution in [1.29, 1.82) is 0 Å². The van der Waals surface area contributed by atoms with E-state index in [0.29, 0.717) is 0 Å². The van der Waals surface area contributed by atoms with E-state index < -0.39 is 36.6 Å². The van der Waals surface area contributed by atoms with Gasteiger partial charge in [0.2, 0.25) is 0 Å². The van der Waals surface area contributed by atoms with E-state index in [1.165, 1.54) is 0 Å². The van der Waals surface area contributed by atoms with E-state index in [1.54, 1.807) is 0 Å². The molecule has 0 saturated carbocycles. The van der Waals surface area contributed by atoms with Gasteiger partial charge in [0, 0.05) is 29.6 Å². The molecule has 121 valence electrons. The Hall–Kier alpha value is 0.725. The van der Waals surface area contributed by atoms with Gasteiger partial charge in [-0.2, -0.15) is 0 Å². The zero-order chi connectivity index (χ0) is 17.9. The Kier molecular flexibility index (Phi) is 58.6. The number of rotatable bonds is 0. The van der Waals surface area contributed by atoms with Gasteiger partial charge in [-0.15, -0.1) is 0 Å². The molecule has 0 bridgehead atoms. The van der Waals surface area contributed by atoms with Crippen LogP contribution >= 0.6 is 0 Å². The summed E-state index contributed by atoms with van der Waals surface area (Å²) in [4.78, 5) is 0. The quantitative estimate of drug-likeness (QED) is 0.183.